The van der Waals surface area contributed by atoms with Crippen LogP contribution in [0.15, 0.2) is 121 Å². The fourth-order valence-corrected chi connectivity index (χ4v) is 8.29. The summed E-state index contributed by atoms with van der Waals surface area (Å²) in [4.78, 5) is 46.9. The number of ether oxygens (including phenoxy) is 3. The number of carbonyl (C=O) groups is 3. The fraction of sp³-hybridized carbons (Fsp3) is 0.240. The zero-order chi connectivity index (χ0) is 44.2. The molecular weight excluding hydrogens is 839 g/mol. The number of nitrogens with one attached hydrogen (secondary N) is 2. The zero-order valence-electron chi connectivity index (χ0n) is 34.9. The number of carboxylic acid groups (broad SMARTS) is 1. The molecule has 0 saturated carbocycles. The second-order valence-corrected chi connectivity index (χ2v) is 16.7. The number of aliphatic carboxylic acids is 1. The zero-order valence-corrected chi connectivity index (χ0v) is 36.5. The van der Waals surface area contributed by atoms with E-state index in [2.05, 4.69) is 15.6 Å². The van der Waals surface area contributed by atoms with Crippen LogP contribution in [-0.4, -0.2) is 51.6 Å². The summed E-state index contributed by atoms with van der Waals surface area (Å²) in [5.41, 5.74) is 8.88. The predicted octanol–water partition coefficient (Wildman–Crippen LogP) is 9.77. The maximum Gasteiger partial charge on any atom is 0.326 e. The Bertz CT molecular complexity index is 2640. The molecule has 13 heteroatoms. The first-order chi connectivity index (χ1) is 30.4. The number of hydrogen-bond donors (Lipinski definition) is 3. The summed E-state index contributed by atoms with van der Waals surface area (Å²) in [6.45, 7) is 6.41. The number of amides is 3. The lowest BCUT2D eigenvalue weighted by Gasteiger charge is -2.38. The third-order valence-corrected chi connectivity index (χ3v) is 12.3. The number of halogens is 2. The van der Waals surface area contributed by atoms with Crippen molar-refractivity contribution in [1.29, 1.82) is 0 Å². The van der Waals surface area contributed by atoms with Crippen LogP contribution in [0.2, 0.25) is 10.0 Å². The molecule has 63 heavy (non-hydrogen) atoms. The number of nitrogens with zero attached hydrogens (tertiary/aromatic N) is 2. The highest BCUT2D eigenvalue weighted by Gasteiger charge is 2.38. The average Bonchev–Trinajstić information content (AvgIpc) is 3.29. The molecule has 4 atom stereocenters. The van der Waals surface area contributed by atoms with Gasteiger partial charge in [-0.05, 0) is 114 Å². The number of benzene rings is 5. The minimum atomic E-state index is -1.25. The highest BCUT2D eigenvalue weighted by atomic mass is 35.5. The number of carboxylic acids is 1. The van der Waals surface area contributed by atoms with Crippen molar-refractivity contribution < 1.29 is 33.7 Å². The van der Waals surface area contributed by atoms with E-state index in [1.165, 1.54) is 4.90 Å². The third-order valence-electron chi connectivity index (χ3n) is 11.7. The van der Waals surface area contributed by atoms with Gasteiger partial charge in [0.05, 0.1) is 6.04 Å². The van der Waals surface area contributed by atoms with E-state index in [0.717, 1.165) is 55.8 Å². The maximum absolute atomic E-state index is 14.3. The lowest BCUT2D eigenvalue weighted by atomic mass is 9.92. The fourth-order valence-electron chi connectivity index (χ4n) is 7.93. The van der Waals surface area contributed by atoms with Gasteiger partial charge in [-0.1, -0.05) is 89.9 Å². The van der Waals surface area contributed by atoms with Crippen molar-refractivity contribution in [3.63, 3.8) is 0 Å². The molecule has 11 nitrogen and oxygen atoms in total. The number of rotatable bonds is 12. The number of aromatic nitrogens is 1. The first-order valence-corrected chi connectivity index (χ1v) is 21.4. The standard InChI is InChI=1S/C50H46Cl2N4O7/c1-29-30(2)53-20-19-41(29)34-11-9-32(10-12-34)21-43(49(58)59)55-48(57)44-23-36-24-45-46(25-37(36)26-56(44)50(60)54-31(3)33-7-5-4-6-8-33)63-47(28-62-45)35-13-16-40(17-14-35)61-27-38-22-39(51)15-18-42(38)52/h4-20,22,24-25,31,43-44,47H,21,23,26-28H2,1-3H3,(H,54,60)(H,55,57)(H,58,59)/t31-,43+,44+,47-/m1/s1. The second kappa shape index (κ2) is 18.8. The van der Waals surface area contributed by atoms with E-state index in [-0.39, 0.29) is 38.6 Å². The molecule has 0 spiro atoms. The van der Waals surface area contributed by atoms with Crippen molar-refractivity contribution >= 4 is 41.1 Å². The van der Waals surface area contributed by atoms with Crippen LogP contribution in [0.1, 0.15) is 63.7 Å². The molecule has 2 aliphatic heterocycles. The normalized spacial score (nSPS) is 16.3. The summed E-state index contributed by atoms with van der Waals surface area (Å²) < 4.78 is 18.7. The highest BCUT2D eigenvalue weighted by molar-refractivity contribution is 6.33. The largest absolute Gasteiger partial charge is 0.489 e. The van der Waals surface area contributed by atoms with Crippen LogP contribution < -0.4 is 24.8 Å². The summed E-state index contributed by atoms with van der Waals surface area (Å²) in [5.74, 6) is -0.0880. The Morgan fingerprint density at radius 3 is 2.38 bits per heavy atom. The number of urea groups is 1. The van der Waals surface area contributed by atoms with Gasteiger partial charge in [0.25, 0.3) is 0 Å². The summed E-state index contributed by atoms with van der Waals surface area (Å²) in [7, 11) is 0. The van der Waals surface area contributed by atoms with Gasteiger partial charge in [-0.25, -0.2) is 9.59 Å². The third kappa shape index (κ3) is 9.90. The minimum absolute atomic E-state index is 0.0454. The van der Waals surface area contributed by atoms with Gasteiger partial charge in [0.2, 0.25) is 5.91 Å². The SMILES string of the molecule is Cc1nccc(-c2ccc(C[C@H](NC(=O)[C@@H]3Cc4cc5c(cc4CN3C(=O)N[C@H](C)c3ccccc3)O[C@@H](c3ccc(OCc4cc(Cl)ccc4Cl)cc3)CO5)C(=O)O)cc2)c1C. The second-order valence-electron chi connectivity index (χ2n) is 15.9. The Balaban J connectivity index is 0.990. The van der Waals surface area contributed by atoms with Crippen molar-refractivity contribution in [3.05, 3.63) is 176 Å². The van der Waals surface area contributed by atoms with Gasteiger partial charge < -0.3 is 34.9 Å². The van der Waals surface area contributed by atoms with E-state index in [1.807, 2.05) is 118 Å². The Morgan fingerprint density at radius 1 is 0.889 bits per heavy atom. The van der Waals surface area contributed by atoms with Gasteiger partial charge in [0.1, 0.15) is 31.0 Å². The Labute approximate surface area is 375 Å². The average molecular weight is 886 g/mol. The summed E-state index contributed by atoms with van der Waals surface area (Å²) in [6, 6.07) is 32.5. The maximum atomic E-state index is 14.3. The van der Waals surface area contributed by atoms with E-state index >= 15 is 0 Å². The van der Waals surface area contributed by atoms with E-state index in [1.54, 1.807) is 24.4 Å². The topological polar surface area (TPSA) is 139 Å². The number of fused-ring (bicyclic) bond motifs is 2. The monoisotopic (exact) mass is 884 g/mol. The molecule has 3 N–H and O–H groups in total. The molecule has 1 aromatic heterocycles. The Kier molecular flexibility index (Phi) is 12.9. The van der Waals surface area contributed by atoms with Crippen LogP contribution in [0.4, 0.5) is 4.79 Å². The molecule has 322 valence electrons. The van der Waals surface area contributed by atoms with Crippen LogP contribution in [0.5, 0.6) is 17.2 Å². The summed E-state index contributed by atoms with van der Waals surface area (Å²) in [6.07, 6.45) is 1.52. The van der Waals surface area contributed by atoms with Crippen molar-refractivity contribution in [2.24, 2.45) is 0 Å². The lowest BCUT2D eigenvalue weighted by Crippen LogP contribution is -2.57. The van der Waals surface area contributed by atoms with Gasteiger partial charge in [-0.15, -0.1) is 0 Å². The molecule has 0 aliphatic carbocycles. The van der Waals surface area contributed by atoms with Crippen molar-refractivity contribution in [2.45, 2.75) is 71.0 Å². The first kappa shape index (κ1) is 43.1. The van der Waals surface area contributed by atoms with Crippen LogP contribution in [0.25, 0.3) is 11.1 Å². The van der Waals surface area contributed by atoms with Crippen LogP contribution in [0, 0.1) is 13.8 Å². The minimum Gasteiger partial charge on any atom is -0.489 e. The molecule has 0 radical (unpaired) electrons. The van der Waals surface area contributed by atoms with E-state index < -0.39 is 36.1 Å². The van der Waals surface area contributed by atoms with Crippen LogP contribution in [0.3, 0.4) is 0 Å². The highest BCUT2D eigenvalue weighted by Crippen LogP contribution is 2.41. The van der Waals surface area contributed by atoms with Crippen molar-refractivity contribution in [3.8, 4) is 28.4 Å². The van der Waals surface area contributed by atoms with Crippen molar-refractivity contribution in [1.82, 2.24) is 20.5 Å². The van der Waals surface area contributed by atoms with Gasteiger partial charge in [0, 0.05) is 46.9 Å². The first-order valence-electron chi connectivity index (χ1n) is 20.7. The van der Waals surface area contributed by atoms with Gasteiger partial charge >= 0.3 is 12.0 Å². The van der Waals surface area contributed by atoms with E-state index in [9.17, 15) is 19.5 Å². The number of carbonyl (C=O) groups excluding carboxylic acids is 2. The number of pyridine rings is 1. The molecule has 0 fully saturated rings. The molecule has 3 amide bonds. The van der Waals surface area contributed by atoms with E-state index in [4.69, 9.17) is 37.4 Å². The molecule has 8 rings (SSSR count). The Morgan fingerprint density at radius 2 is 1.63 bits per heavy atom. The molecule has 2 aliphatic rings. The molecule has 0 unspecified atom stereocenters. The molecule has 0 bridgehead atoms. The smallest absolute Gasteiger partial charge is 0.326 e. The quantitative estimate of drug-likeness (QED) is 0.110. The van der Waals surface area contributed by atoms with E-state index in [0.29, 0.717) is 27.3 Å². The number of aryl methyl sites for hydroxylation is 1. The van der Waals surface area contributed by atoms with Gasteiger partial charge in [0.15, 0.2) is 17.6 Å². The van der Waals surface area contributed by atoms with Crippen molar-refractivity contribution in [2.75, 3.05) is 6.61 Å². The van der Waals surface area contributed by atoms with Gasteiger partial charge in [-0.3, -0.25) is 9.78 Å². The molecule has 0 saturated heterocycles. The van der Waals surface area contributed by atoms with Crippen LogP contribution >= 0.6 is 23.2 Å². The predicted molar refractivity (Wildman–Crippen MR) is 241 cm³/mol. The summed E-state index contributed by atoms with van der Waals surface area (Å²) in [5, 5.41) is 17.3. The van der Waals surface area contributed by atoms with Crippen LogP contribution in [-0.2, 0) is 35.6 Å². The summed E-state index contributed by atoms with van der Waals surface area (Å²) >= 11 is 12.4. The molecule has 3 heterocycles. The number of hydrogen-bond acceptors (Lipinski definition) is 7. The molecule has 5 aromatic carbocycles. The van der Waals surface area contributed by atoms with Gasteiger partial charge in [-0.2, -0.15) is 0 Å². The lowest BCUT2D eigenvalue weighted by molar-refractivity contribution is -0.142. The molecule has 6 aromatic rings. The molecular formula is C50H46Cl2N4O7. The Hall–Kier alpha value is -6.56.